The third-order valence-electron chi connectivity index (χ3n) is 4.46. The molecule has 1 saturated heterocycles. The van der Waals surface area contributed by atoms with Gasteiger partial charge >= 0.3 is 0 Å². The van der Waals surface area contributed by atoms with E-state index in [0.29, 0.717) is 23.2 Å². The number of pyridine rings is 2. The van der Waals surface area contributed by atoms with Gasteiger partial charge in [0.05, 0.1) is 5.56 Å². The monoisotopic (exact) mass is 310 g/mol. The summed E-state index contributed by atoms with van der Waals surface area (Å²) in [6.07, 6.45) is 3.96. The second-order valence-corrected chi connectivity index (χ2v) is 6.33. The molecule has 0 unspecified atom stereocenters. The van der Waals surface area contributed by atoms with Crippen molar-refractivity contribution in [2.75, 3.05) is 17.2 Å². The van der Waals surface area contributed by atoms with Crippen molar-refractivity contribution >= 4 is 17.4 Å². The van der Waals surface area contributed by atoms with E-state index in [0.717, 1.165) is 18.8 Å². The van der Waals surface area contributed by atoms with Gasteiger partial charge in [0.1, 0.15) is 17.3 Å². The van der Waals surface area contributed by atoms with Gasteiger partial charge in [-0.1, -0.05) is 13.0 Å². The van der Waals surface area contributed by atoms with Crippen LogP contribution in [-0.2, 0) is 0 Å². The molecule has 0 aliphatic carbocycles. The Bertz CT molecular complexity index is 716. The highest BCUT2D eigenvalue weighted by atomic mass is 16.1. The summed E-state index contributed by atoms with van der Waals surface area (Å²) in [4.78, 5) is 23.5. The van der Waals surface area contributed by atoms with Crippen molar-refractivity contribution in [1.82, 2.24) is 9.97 Å². The standard InChI is InChI=1S/C18H22N4O/c1-12-8-9-13(2)22(11-12)16-7-3-6-15(21-16)17(23)14-5-4-10-20-18(14)19/h3-7,10,12-13H,8-9,11H2,1-2H3,(H2,19,20)/t12-,13+/m0/s1. The van der Waals surface area contributed by atoms with Crippen LogP contribution in [0.15, 0.2) is 36.5 Å². The van der Waals surface area contributed by atoms with E-state index in [1.54, 1.807) is 24.4 Å². The second kappa shape index (κ2) is 6.36. The molecule has 2 N–H and O–H groups in total. The van der Waals surface area contributed by atoms with Crippen molar-refractivity contribution in [3.8, 4) is 0 Å². The zero-order chi connectivity index (χ0) is 16.4. The fourth-order valence-electron chi connectivity index (χ4n) is 3.07. The summed E-state index contributed by atoms with van der Waals surface area (Å²) >= 11 is 0. The van der Waals surface area contributed by atoms with Crippen LogP contribution in [-0.4, -0.2) is 28.3 Å². The van der Waals surface area contributed by atoms with E-state index in [1.165, 1.54) is 6.42 Å². The molecule has 0 aromatic carbocycles. The van der Waals surface area contributed by atoms with E-state index in [-0.39, 0.29) is 11.6 Å². The number of carbonyl (C=O) groups excluding carboxylic acids is 1. The lowest BCUT2D eigenvalue weighted by molar-refractivity contribution is 0.103. The summed E-state index contributed by atoms with van der Waals surface area (Å²) in [6.45, 7) is 5.44. The fourth-order valence-corrected chi connectivity index (χ4v) is 3.07. The van der Waals surface area contributed by atoms with Gasteiger partial charge in [-0.05, 0) is 49.9 Å². The Balaban J connectivity index is 1.91. The molecule has 1 fully saturated rings. The summed E-state index contributed by atoms with van der Waals surface area (Å²) in [5.74, 6) is 1.55. The van der Waals surface area contributed by atoms with Crippen LogP contribution in [0.4, 0.5) is 11.6 Å². The number of hydrogen-bond acceptors (Lipinski definition) is 5. The highest BCUT2D eigenvalue weighted by Gasteiger charge is 2.24. The summed E-state index contributed by atoms with van der Waals surface area (Å²) < 4.78 is 0. The average Bonchev–Trinajstić information content (AvgIpc) is 2.57. The predicted octanol–water partition coefficient (Wildman–Crippen LogP) is 2.91. The second-order valence-electron chi connectivity index (χ2n) is 6.33. The molecule has 2 atom stereocenters. The van der Waals surface area contributed by atoms with Gasteiger partial charge in [0, 0.05) is 18.8 Å². The van der Waals surface area contributed by atoms with Crippen LogP contribution in [0.3, 0.4) is 0 Å². The summed E-state index contributed by atoms with van der Waals surface area (Å²) in [5.41, 5.74) is 6.62. The number of piperidine rings is 1. The smallest absolute Gasteiger partial charge is 0.215 e. The highest BCUT2D eigenvalue weighted by Crippen LogP contribution is 2.26. The molecule has 1 aliphatic heterocycles. The topological polar surface area (TPSA) is 72.1 Å². The van der Waals surface area contributed by atoms with Crippen molar-refractivity contribution in [3.63, 3.8) is 0 Å². The fraction of sp³-hybridized carbons (Fsp3) is 0.389. The third-order valence-corrected chi connectivity index (χ3v) is 4.46. The number of nitrogens with zero attached hydrogens (tertiary/aromatic N) is 3. The van der Waals surface area contributed by atoms with Gasteiger partial charge in [-0.15, -0.1) is 0 Å². The first-order valence-corrected chi connectivity index (χ1v) is 8.05. The number of hydrogen-bond donors (Lipinski definition) is 1. The van der Waals surface area contributed by atoms with Gasteiger partial charge in [-0.3, -0.25) is 4.79 Å². The van der Waals surface area contributed by atoms with E-state index in [9.17, 15) is 4.79 Å². The molecule has 0 amide bonds. The number of nitrogen functional groups attached to an aromatic ring is 1. The lowest BCUT2D eigenvalue weighted by Gasteiger charge is -2.37. The Morgan fingerprint density at radius 2 is 2.04 bits per heavy atom. The quantitative estimate of drug-likeness (QED) is 0.883. The Morgan fingerprint density at radius 1 is 1.22 bits per heavy atom. The Morgan fingerprint density at radius 3 is 2.83 bits per heavy atom. The first kappa shape index (κ1) is 15.5. The van der Waals surface area contributed by atoms with Gasteiger partial charge in [0.15, 0.2) is 0 Å². The molecule has 5 heteroatoms. The van der Waals surface area contributed by atoms with E-state index >= 15 is 0 Å². The van der Waals surface area contributed by atoms with Gasteiger partial charge < -0.3 is 10.6 Å². The average molecular weight is 310 g/mol. The number of anilines is 2. The highest BCUT2D eigenvalue weighted by molar-refractivity contribution is 6.10. The molecule has 0 saturated carbocycles. The number of aromatic nitrogens is 2. The number of rotatable bonds is 3. The lowest BCUT2D eigenvalue weighted by atomic mass is 9.95. The molecule has 23 heavy (non-hydrogen) atoms. The molecule has 2 aromatic heterocycles. The van der Waals surface area contributed by atoms with Crippen LogP contribution < -0.4 is 10.6 Å². The maximum Gasteiger partial charge on any atom is 0.215 e. The Kier molecular flexibility index (Phi) is 4.28. The van der Waals surface area contributed by atoms with Crippen LogP contribution in [0, 0.1) is 5.92 Å². The molecule has 2 aromatic rings. The molecule has 120 valence electrons. The molecule has 3 heterocycles. The van der Waals surface area contributed by atoms with Crippen LogP contribution >= 0.6 is 0 Å². The van der Waals surface area contributed by atoms with Crippen molar-refractivity contribution in [2.24, 2.45) is 5.92 Å². The van der Waals surface area contributed by atoms with Crippen molar-refractivity contribution in [3.05, 3.63) is 47.8 Å². The van der Waals surface area contributed by atoms with Crippen LogP contribution in [0.25, 0.3) is 0 Å². The minimum atomic E-state index is -0.185. The molecule has 0 bridgehead atoms. The molecule has 1 aliphatic rings. The van der Waals surface area contributed by atoms with Crippen molar-refractivity contribution < 1.29 is 4.79 Å². The molecular formula is C18H22N4O. The summed E-state index contributed by atoms with van der Waals surface area (Å²) in [6, 6.07) is 9.42. The van der Waals surface area contributed by atoms with E-state index in [1.807, 2.05) is 12.1 Å². The van der Waals surface area contributed by atoms with E-state index in [2.05, 4.69) is 28.7 Å². The van der Waals surface area contributed by atoms with E-state index < -0.39 is 0 Å². The zero-order valence-electron chi connectivity index (χ0n) is 13.6. The van der Waals surface area contributed by atoms with Crippen molar-refractivity contribution in [2.45, 2.75) is 32.7 Å². The van der Waals surface area contributed by atoms with Gasteiger partial charge in [0.25, 0.3) is 0 Å². The molecule has 5 nitrogen and oxygen atoms in total. The lowest BCUT2D eigenvalue weighted by Crippen LogP contribution is -2.41. The molecule has 0 spiro atoms. The summed E-state index contributed by atoms with van der Waals surface area (Å²) in [7, 11) is 0. The third kappa shape index (κ3) is 3.18. The number of carbonyl (C=O) groups is 1. The molecule has 3 rings (SSSR count). The maximum absolute atomic E-state index is 12.6. The minimum absolute atomic E-state index is 0.185. The SMILES string of the molecule is C[C@H]1CC[C@@H](C)N(c2cccc(C(=O)c3cccnc3N)n2)C1. The Labute approximate surface area is 136 Å². The van der Waals surface area contributed by atoms with Crippen molar-refractivity contribution in [1.29, 1.82) is 0 Å². The normalized spacial score (nSPS) is 21.2. The first-order chi connectivity index (χ1) is 11.1. The summed E-state index contributed by atoms with van der Waals surface area (Å²) in [5, 5.41) is 0. The number of ketones is 1. The zero-order valence-corrected chi connectivity index (χ0v) is 13.6. The predicted molar refractivity (Wildman–Crippen MR) is 91.5 cm³/mol. The minimum Gasteiger partial charge on any atom is -0.383 e. The largest absolute Gasteiger partial charge is 0.383 e. The van der Waals surface area contributed by atoms with E-state index in [4.69, 9.17) is 5.73 Å². The van der Waals surface area contributed by atoms with Crippen LogP contribution in [0.1, 0.15) is 42.7 Å². The molecular weight excluding hydrogens is 288 g/mol. The maximum atomic E-state index is 12.6. The van der Waals surface area contributed by atoms with Crippen LogP contribution in [0.2, 0.25) is 0 Å². The van der Waals surface area contributed by atoms with Crippen LogP contribution in [0.5, 0.6) is 0 Å². The van der Waals surface area contributed by atoms with Gasteiger partial charge in [-0.25, -0.2) is 9.97 Å². The van der Waals surface area contributed by atoms with Gasteiger partial charge in [0.2, 0.25) is 5.78 Å². The number of nitrogens with two attached hydrogens (primary N) is 1. The van der Waals surface area contributed by atoms with Gasteiger partial charge in [-0.2, -0.15) is 0 Å². The Hall–Kier alpha value is -2.43. The first-order valence-electron chi connectivity index (χ1n) is 8.05. The molecule has 0 radical (unpaired) electrons.